The Morgan fingerprint density at radius 3 is 2.67 bits per heavy atom. The summed E-state index contributed by atoms with van der Waals surface area (Å²) in [7, 11) is 0. The number of likely N-dealkylation sites (tertiary alicyclic amines) is 1. The second kappa shape index (κ2) is 5.50. The number of carbonyl (C=O) groups excluding carboxylic acids is 1. The van der Waals surface area contributed by atoms with Gasteiger partial charge in [-0.25, -0.2) is 0 Å². The van der Waals surface area contributed by atoms with Gasteiger partial charge in [0.1, 0.15) is 5.69 Å². The molecule has 4 nitrogen and oxygen atoms in total. The van der Waals surface area contributed by atoms with Crippen LogP contribution < -0.4 is 0 Å². The lowest BCUT2D eigenvalue weighted by molar-refractivity contribution is -0.104. The van der Waals surface area contributed by atoms with Crippen LogP contribution in [-0.4, -0.2) is 46.5 Å². The van der Waals surface area contributed by atoms with Gasteiger partial charge in [-0.1, -0.05) is 6.07 Å². The molecule has 0 unspecified atom stereocenters. The van der Waals surface area contributed by atoms with Crippen molar-refractivity contribution < 1.29 is 9.53 Å². The molecule has 2 aliphatic rings. The van der Waals surface area contributed by atoms with E-state index in [0.29, 0.717) is 12.3 Å². The first kappa shape index (κ1) is 14.7. The highest BCUT2D eigenvalue weighted by molar-refractivity contribution is 6.02. The summed E-state index contributed by atoms with van der Waals surface area (Å²) >= 11 is 0. The Labute approximate surface area is 126 Å². The van der Waals surface area contributed by atoms with Crippen LogP contribution in [0.15, 0.2) is 24.4 Å². The number of hydrogen-bond donors (Lipinski definition) is 0. The Hall–Kier alpha value is -1.26. The fourth-order valence-electron chi connectivity index (χ4n) is 3.83. The summed E-state index contributed by atoms with van der Waals surface area (Å²) in [6.45, 7) is 6.83. The van der Waals surface area contributed by atoms with E-state index < -0.39 is 5.54 Å². The summed E-state index contributed by atoms with van der Waals surface area (Å²) in [5.41, 5.74) is -0.111. The highest BCUT2D eigenvalue weighted by Gasteiger charge is 2.51. The van der Waals surface area contributed by atoms with Gasteiger partial charge < -0.3 is 4.74 Å². The second-order valence-corrected chi connectivity index (χ2v) is 6.80. The van der Waals surface area contributed by atoms with Gasteiger partial charge in [0.25, 0.3) is 0 Å². The van der Waals surface area contributed by atoms with Crippen LogP contribution in [0.5, 0.6) is 0 Å². The van der Waals surface area contributed by atoms with Crippen molar-refractivity contribution in [3.63, 3.8) is 0 Å². The Bertz CT molecular complexity index is 509. The van der Waals surface area contributed by atoms with Crippen LogP contribution in [0.3, 0.4) is 0 Å². The number of nitrogens with zero attached hydrogens (tertiary/aromatic N) is 2. The van der Waals surface area contributed by atoms with Gasteiger partial charge in [-0.05, 0) is 58.3 Å². The van der Waals surface area contributed by atoms with E-state index in [2.05, 4.69) is 23.7 Å². The van der Waals surface area contributed by atoms with Crippen molar-refractivity contribution in [3.05, 3.63) is 30.1 Å². The van der Waals surface area contributed by atoms with Crippen molar-refractivity contribution in [2.24, 2.45) is 0 Å². The summed E-state index contributed by atoms with van der Waals surface area (Å²) < 4.78 is 5.87. The highest BCUT2D eigenvalue weighted by atomic mass is 16.5. The van der Waals surface area contributed by atoms with Gasteiger partial charge in [0.05, 0.1) is 11.1 Å². The molecule has 114 valence electrons. The van der Waals surface area contributed by atoms with E-state index in [1.807, 2.05) is 18.2 Å². The van der Waals surface area contributed by atoms with Gasteiger partial charge >= 0.3 is 0 Å². The van der Waals surface area contributed by atoms with Crippen molar-refractivity contribution in [2.45, 2.75) is 50.7 Å². The Morgan fingerprint density at radius 1 is 1.29 bits per heavy atom. The van der Waals surface area contributed by atoms with Gasteiger partial charge in [-0.3, -0.25) is 14.7 Å². The standard InChI is InChI=1S/C17H24N2O2/c1-16(2)13-17(8-12-21-16,19-10-5-6-11-19)15(20)14-7-3-4-9-18-14/h3-4,7,9H,5-6,8,10-13H2,1-2H3/t17-/m0/s1. The topological polar surface area (TPSA) is 42.4 Å². The molecule has 1 atom stereocenters. The maximum Gasteiger partial charge on any atom is 0.201 e. The molecule has 4 heteroatoms. The number of hydrogen-bond acceptors (Lipinski definition) is 4. The van der Waals surface area contributed by atoms with Gasteiger partial charge in [0.2, 0.25) is 5.78 Å². The van der Waals surface area contributed by atoms with E-state index in [4.69, 9.17) is 4.74 Å². The highest BCUT2D eigenvalue weighted by Crippen LogP contribution is 2.40. The predicted octanol–water partition coefficient (Wildman–Crippen LogP) is 2.69. The average molecular weight is 288 g/mol. The maximum absolute atomic E-state index is 13.2. The van der Waals surface area contributed by atoms with E-state index in [-0.39, 0.29) is 11.4 Å². The Kier molecular flexibility index (Phi) is 3.84. The van der Waals surface area contributed by atoms with Crippen LogP contribution >= 0.6 is 0 Å². The molecule has 1 aromatic rings. The number of carbonyl (C=O) groups is 1. The maximum atomic E-state index is 13.2. The first-order chi connectivity index (χ1) is 10.0. The Balaban J connectivity index is 1.98. The van der Waals surface area contributed by atoms with Crippen molar-refractivity contribution in [2.75, 3.05) is 19.7 Å². The summed E-state index contributed by atoms with van der Waals surface area (Å²) in [5.74, 6) is 0.168. The molecular weight excluding hydrogens is 264 g/mol. The fraction of sp³-hybridized carbons (Fsp3) is 0.647. The lowest BCUT2D eigenvalue weighted by atomic mass is 9.76. The average Bonchev–Trinajstić information content (AvgIpc) is 3.01. The van der Waals surface area contributed by atoms with E-state index >= 15 is 0 Å². The number of ketones is 1. The van der Waals surface area contributed by atoms with E-state index in [9.17, 15) is 4.79 Å². The number of aromatic nitrogens is 1. The third-order valence-electron chi connectivity index (χ3n) is 4.76. The molecule has 3 heterocycles. The molecule has 0 saturated carbocycles. The summed E-state index contributed by atoms with van der Waals surface area (Å²) in [6, 6.07) is 5.58. The molecule has 1 aromatic heterocycles. The quantitative estimate of drug-likeness (QED) is 0.802. The normalized spacial score (nSPS) is 29.4. The molecular formula is C17H24N2O2. The molecule has 2 saturated heterocycles. The lowest BCUT2D eigenvalue weighted by Crippen LogP contribution is -2.60. The molecule has 0 N–H and O–H groups in total. The van der Waals surface area contributed by atoms with Gasteiger partial charge in [0, 0.05) is 19.2 Å². The molecule has 2 fully saturated rings. The molecule has 0 amide bonds. The minimum atomic E-state index is -0.438. The van der Waals surface area contributed by atoms with Crippen LogP contribution in [0.1, 0.15) is 50.0 Å². The number of Topliss-reactive ketones (excluding diaryl/α,β-unsaturated/α-hetero) is 1. The van der Waals surface area contributed by atoms with Crippen molar-refractivity contribution >= 4 is 5.78 Å². The van der Waals surface area contributed by atoms with Gasteiger partial charge in [-0.2, -0.15) is 0 Å². The lowest BCUT2D eigenvalue weighted by Gasteiger charge is -2.48. The molecule has 3 rings (SSSR count). The number of pyridine rings is 1. The third kappa shape index (κ3) is 2.74. The minimum Gasteiger partial charge on any atom is -0.375 e. The first-order valence-corrected chi connectivity index (χ1v) is 7.88. The zero-order valence-corrected chi connectivity index (χ0v) is 13.0. The smallest absolute Gasteiger partial charge is 0.201 e. The summed E-state index contributed by atoms with van der Waals surface area (Å²) in [5, 5.41) is 0. The summed E-state index contributed by atoms with van der Waals surface area (Å²) in [4.78, 5) is 19.9. The van der Waals surface area contributed by atoms with E-state index in [1.165, 1.54) is 12.8 Å². The second-order valence-electron chi connectivity index (χ2n) is 6.80. The van der Waals surface area contributed by atoms with Crippen LogP contribution in [0.4, 0.5) is 0 Å². The molecule has 21 heavy (non-hydrogen) atoms. The molecule has 0 spiro atoms. The molecule has 0 aliphatic carbocycles. The monoisotopic (exact) mass is 288 g/mol. The van der Waals surface area contributed by atoms with E-state index in [0.717, 1.165) is 25.9 Å². The van der Waals surface area contributed by atoms with Crippen LogP contribution in [0.25, 0.3) is 0 Å². The molecule has 0 radical (unpaired) electrons. The zero-order chi connectivity index (χ0) is 14.9. The SMILES string of the molecule is CC1(C)C[C@@](C(=O)c2ccccn2)(N2CCCC2)CCO1. The van der Waals surface area contributed by atoms with Crippen molar-refractivity contribution in [1.29, 1.82) is 0 Å². The van der Waals surface area contributed by atoms with Crippen LogP contribution in [0.2, 0.25) is 0 Å². The molecule has 0 aromatic carbocycles. The summed E-state index contributed by atoms with van der Waals surface area (Å²) in [6.07, 6.45) is 5.58. The fourth-order valence-corrected chi connectivity index (χ4v) is 3.83. The molecule has 2 aliphatic heterocycles. The number of ether oxygens (including phenoxy) is 1. The van der Waals surface area contributed by atoms with Gasteiger partial charge in [0.15, 0.2) is 0 Å². The van der Waals surface area contributed by atoms with Crippen LogP contribution in [0, 0.1) is 0 Å². The van der Waals surface area contributed by atoms with Crippen LogP contribution in [-0.2, 0) is 4.74 Å². The van der Waals surface area contributed by atoms with Crippen molar-refractivity contribution in [1.82, 2.24) is 9.88 Å². The zero-order valence-electron chi connectivity index (χ0n) is 13.0. The third-order valence-corrected chi connectivity index (χ3v) is 4.76. The first-order valence-electron chi connectivity index (χ1n) is 7.88. The largest absolute Gasteiger partial charge is 0.375 e. The molecule has 0 bridgehead atoms. The minimum absolute atomic E-state index is 0.168. The Morgan fingerprint density at radius 2 is 2.05 bits per heavy atom. The number of rotatable bonds is 3. The predicted molar refractivity (Wildman–Crippen MR) is 81.4 cm³/mol. The van der Waals surface area contributed by atoms with E-state index in [1.54, 1.807) is 6.20 Å². The van der Waals surface area contributed by atoms with Crippen molar-refractivity contribution in [3.8, 4) is 0 Å². The van der Waals surface area contributed by atoms with Gasteiger partial charge in [-0.15, -0.1) is 0 Å².